The molecule has 0 amide bonds. The largest absolute Gasteiger partial charge is 0.493 e. The Morgan fingerprint density at radius 3 is 2.52 bits per heavy atom. The summed E-state index contributed by atoms with van der Waals surface area (Å²) in [6, 6.07) is 2.97. The fourth-order valence-electron chi connectivity index (χ4n) is 1.92. The van der Waals surface area contributed by atoms with Gasteiger partial charge in [-0.05, 0) is 6.07 Å². The summed E-state index contributed by atoms with van der Waals surface area (Å²) >= 11 is 6.10. The predicted molar refractivity (Wildman–Crippen MR) is 74.2 cm³/mol. The van der Waals surface area contributed by atoms with Gasteiger partial charge in [-0.2, -0.15) is 0 Å². The summed E-state index contributed by atoms with van der Waals surface area (Å²) < 4.78 is 10.2. The topological polar surface area (TPSA) is 105 Å². The maximum absolute atomic E-state index is 11.1. The van der Waals surface area contributed by atoms with Crippen molar-refractivity contribution in [3.05, 3.63) is 40.4 Å². The van der Waals surface area contributed by atoms with Crippen LogP contribution in [0.5, 0.6) is 11.5 Å². The molecule has 7 nitrogen and oxygen atoms in total. The number of halogens is 1. The van der Waals surface area contributed by atoms with Crippen molar-refractivity contribution < 1.29 is 24.5 Å². The van der Waals surface area contributed by atoms with Crippen LogP contribution in [0.25, 0.3) is 0 Å². The van der Waals surface area contributed by atoms with Crippen LogP contribution >= 0.6 is 11.6 Å². The van der Waals surface area contributed by atoms with Crippen LogP contribution in [-0.2, 0) is 0 Å². The van der Waals surface area contributed by atoms with Gasteiger partial charge in [0.05, 0.1) is 31.3 Å². The quantitative estimate of drug-likeness (QED) is 0.778. The van der Waals surface area contributed by atoms with Crippen LogP contribution in [0.3, 0.4) is 0 Å². The van der Waals surface area contributed by atoms with Gasteiger partial charge in [0, 0.05) is 11.6 Å². The third kappa shape index (κ3) is 2.79. The minimum absolute atomic E-state index is 0.0385. The number of carboxylic acid groups (broad SMARTS) is 1. The first-order valence-electron chi connectivity index (χ1n) is 5.85. The lowest BCUT2D eigenvalue weighted by molar-refractivity contribution is 0.0685. The van der Waals surface area contributed by atoms with Crippen molar-refractivity contribution >= 4 is 17.6 Å². The minimum atomic E-state index is -1.29. The number of imidazole rings is 1. The number of aliphatic hydroxyl groups is 1. The summed E-state index contributed by atoms with van der Waals surface area (Å²) in [5, 5.41) is 19.6. The van der Waals surface area contributed by atoms with Gasteiger partial charge in [-0.3, -0.25) is 0 Å². The van der Waals surface area contributed by atoms with Crippen LogP contribution in [0.4, 0.5) is 0 Å². The zero-order chi connectivity index (χ0) is 15.6. The van der Waals surface area contributed by atoms with Crippen molar-refractivity contribution in [1.82, 2.24) is 9.97 Å². The van der Waals surface area contributed by atoms with E-state index in [1.54, 1.807) is 0 Å². The number of rotatable bonds is 5. The minimum Gasteiger partial charge on any atom is -0.493 e. The third-order valence-electron chi connectivity index (χ3n) is 2.94. The van der Waals surface area contributed by atoms with Gasteiger partial charge >= 0.3 is 5.97 Å². The molecular formula is C13H13ClN2O5. The van der Waals surface area contributed by atoms with E-state index in [9.17, 15) is 9.90 Å². The Morgan fingerprint density at radius 2 is 1.95 bits per heavy atom. The summed E-state index contributed by atoms with van der Waals surface area (Å²) in [5.74, 6) is -0.476. The van der Waals surface area contributed by atoms with E-state index in [0.29, 0.717) is 11.5 Å². The van der Waals surface area contributed by atoms with Crippen molar-refractivity contribution in [2.24, 2.45) is 0 Å². The zero-order valence-electron chi connectivity index (χ0n) is 11.3. The molecule has 0 spiro atoms. The standard InChI is InChI=1S/C13H13ClN2O5/c1-20-8-3-6(7(14)4-9(8)21-2)12(17)10-11(13(18)19)16-5-15-10/h3-5,12,17H,1-2H3,(H,15,16)(H,18,19). The molecule has 1 aromatic carbocycles. The average Bonchev–Trinajstić information content (AvgIpc) is 2.95. The fraction of sp³-hybridized carbons (Fsp3) is 0.231. The van der Waals surface area contributed by atoms with Gasteiger partial charge < -0.3 is 24.7 Å². The van der Waals surface area contributed by atoms with E-state index >= 15 is 0 Å². The second-order valence-electron chi connectivity index (χ2n) is 4.10. The maximum Gasteiger partial charge on any atom is 0.356 e. The van der Waals surface area contributed by atoms with Gasteiger partial charge in [-0.15, -0.1) is 0 Å². The van der Waals surface area contributed by atoms with Crippen molar-refractivity contribution in [1.29, 1.82) is 0 Å². The number of ether oxygens (including phenoxy) is 2. The molecular weight excluding hydrogens is 300 g/mol. The number of carboxylic acids is 1. The Labute approximate surface area is 125 Å². The van der Waals surface area contributed by atoms with Gasteiger partial charge in [0.25, 0.3) is 0 Å². The van der Waals surface area contributed by atoms with Gasteiger partial charge in [0.1, 0.15) is 6.10 Å². The number of aliphatic hydroxyl groups excluding tert-OH is 1. The van der Waals surface area contributed by atoms with E-state index in [1.807, 2.05) is 0 Å². The van der Waals surface area contributed by atoms with E-state index < -0.39 is 12.1 Å². The average molecular weight is 313 g/mol. The number of methoxy groups -OCH3 is 2. The van der Waals surface area contributed by atoms with Crippen molar-refractivity contribution in [2.75, 3.05) is 14.2 Å². The molecule has 1 heterocycles. The molecule has 0 fully saturated rings. The number of carbonyl (C=O) groups is 1. The monoisotopic (exact) mass is 312 g/mol. The highest BCUT2D eigenvalue weighted by atomic mass is 35.5. The van der Waals surface area contributed by atoms with Gasteiger partial charge in [-0.1, -0.05) is 11.6 Å². The molecule has 0 aliphatic rings. The first kappa shape index (κ1) is 15.1. The van der Waals surface area contributed by atoms with Crippen LogP contribution in [-0.4, -0.2) is 40.4 Å². The molecule has 1 aromatic heterocycles. The SMILES string of the molecule is COc1cc(Cl)c(C(O)c2[nH]cnc2C(=O)O)cc1OC. The van der Waals surface area contributed by atoms with Crippen molar-refractivity contribution in [2.45, 2.75) is 6.10 Å². The van der Waals surface area contributed by atoms with Gasteiger partial charge in [0.2, 0.25) is 0 Å². The molecule has 3 N–H and O–H groups in total. The van der Waals surface area contributed by atoms with Crippen molar-refractivity contribution in [3.8, 4) is 11.5 Å². The van der Waals surface area contributed by atoms with Gasteiger partial charge in [0.15, 0.2) is 17.2 Å². The molecule has 1 unspecified atom stereocenters. The molecule has 0 saturated heterocycles. The van der Waals surface area contributed by atoms with E-state index in [2.05, 4.69) is 9.97 Å². The second kappa shape index (κ2) is 6.02. The molecule has 2 rings (SSSR count). The Kier molecular flexibility index (Phi) is 4.35. The second-order valence-corrected chi connectivity index (χ2v) is 4.51. The van der Waals surface area contributed by atoms with Crippen LogP contribution in [0.1, 0.15) is 27.8 Å². The molecule has 21 heavy (non-hydrogen) atoms. The Morgan fingerprint density at radius 1 is 1.33 bits per heavy atom. The van der Waals surface area contributed by atoms with E-state index in [4.69, 9.17) is 26.2 Å². The van der Waals surface area contributed by atoms with Crippen LogP contribution in [0.15, 0.2) is 18.5 Å². The highest BCUT2D eigenvalue weighted by Crippen LogP contribution is 2.37. The smallest absolute Gasteiger partial charge is 0.356 e. The molecule has 8 heteroatoms. The molecule has 0 aliphatic heterocycles. The first-order valence-corrected chi connectivity index (χ1v) is 6.23. The lowest BCUT2D eigenvalue weighted by atomic mass is 10.0. The highest BCUT2D eigenvalue weighted by molar-refractivity contribution is 6.31. The number of nitrogens with zero attached hydrogens (tertiary/aromatic N) is 1. The predicted octanol–water partition coefficient (Wildman–Crippen LogP) is 1.86. The number of benzene rings is 1. The summed E-state index contributed by atoms with van der Waals surface area (Å²) in [6.45, 7) is 0. The fourth-order valence-corrected chi connectivity index (χ4v) is 2.18. The van der Waals surface area contributed by atoms with Crippen LogP contribution in [0, 0.1) is 0 Å². The molecule has 0 aliphatic carbocycles. The number of hydrogen-bond donors (Lipinski definition) is 3. The highest BCUT2D eigenvalue weighted by Gasteiger charge is 2.24. The summed E-state index contributed by atoms with van der Waals surface area (Å²) in [6.07, 6.45) is -0.0951. The zero-order valence-corrected chi connectivity index (χ0v) is 12.0. The third-order valence-corrected chi connectivity index (χ3v) is 3.27. The van der Waals surface area contributed by atoms with Crippen LogP contribution < -0.4 is 9.47 Å². The van der Waals surface area contributed by atoms with Crippen LogP contribution in [0.2, 0.25) is 5.02 Å². The van der Waals surface area contributed by atoms with E-state index in [0.717, 1.165) is 0 Å². The van der Waals surface area contributed by atoms with E-state index in [1.165, 1.54) is 32.7 Å². The Balaban J connectivity index is 2.50. The first-order chi connectivity index (χ1) is 9.99. The number of aromatic amines is 1. The number of nitrogens with one attached hydrogen (secondary N) is 1. The molecule has 0 radical (unpaired) electrons. The number of aromatic carboxylic acids is 1. The lowest BCUT2D eigenvalue weighted by Gasteiger charge is -2.15. The number of aromatic nitrogens is 2. The summed E-state index contributed by atoms with van der Waals surface area (Å²) in [5.41, 5.74) is 0.0473. The molecule has 2 aromatic rings. The normalized spacial score (nSPS) is 12.0. The van der Waals surface area contributed by atoms with Gasteiger partial charge in [-0.25, -0.2) is 9.78 Å². The van der Waals surface area contributed by atoms with Crippen molar-refractivity contribution in [3.63, 3.8) is 0 Å². The summed E-state index contributed by atoms with van der Waals surface area (Å²) in [4.78, 5) is 17.3. The molecule has 1 atom stereocenters. The summed E-state index contributed by atoms with van der Waals surface area (Å²) in [7, 11) is 2.91. The molecule has 0 saturated carbocycles. The Hall–Kier alpha value is -2.25. The number of hydrogen-bond acceptors (Lipinski definition) is 5. The number of H-pyrrole nitrogens is 1. The molecule has 0 bridgehead atoms. The van der Waals surface area contributed by atoms with E-state index in [-0.39, 0.29) is 22.0 Å². The molecule has 112 valence electrons. The lowest BCUT2D eigenvalue weighted by Crippen LogP contribution is -2.09. The maximum atomic E-state index is 11.1. The Bertz CT molecular complexity index is 671.